The molecule has 2 aromatic rings. The molecule has 0 N–H and O–H groups in total. The smallest absolute Gasteiger partial charge is 0.114 e. The van der Waals surface area contributed by atoms with Crippen LogP contribution in [0.2, 0.25) is 0 Å². The van der Waals surface area contributed by atoms with Gasteiger partial charge in [0.15, 0.2) is 0 Å². The number of hydrogen-bond donors (Lipinski definition) is 0. The van der Waals surface area contributed by atoms with E-state index in [1.54, 1.807) is 6.07 Å². The van der Waals surface area contributed by atoms with Crippen LogP contribution in [-0.4, -0.2) is 39.5 Å². The second kappa shape index (κ2) is 3.82. The third kappa shape index (κ3) is 1.58. The summed E-state index contributed by atoms with van der Waals surface area (Å²) >= 11 is 0. The number of benzene rings is 1. The Hall–Kier alpha value is -1.93. The number of nitrogens with zero attached hydrogens (tertiary/aromatic N) is 5. The monoisotopic (exact) mass is 227 g/mol. The highest BCUT2D eigenvalue weighted by Gasteiger charge is 2.28. The first-order valence-corrected chi connectivity index (χ1v) is 5.79. The molecule has 2 heterocycles. The number of likely N-dealkylation sites (tertiary alicyclic amines) is 1. The summed E-state index contributed by atoms with van der Waals surface area (Å²) in [6.45, 7) is 5.32. The Kier molecular flexibility index (Phi) is 2.30. The van der Waals surface area contributed by atoms with Crippen molar-refractivity contribution in [2.45, 2.75) is 13.0 Å². The lowest BCUT2D eigenvalue weighted by Gasteiger charge is -2.38. The van der Waals surface area contributed by atoms with Crippen molar-refractivity contribution in [1.82, 2.24) is 19.9 Å². The lowest BCUT2D eigenvalue weighted by Crippen LogP contribution is -2.47. The molecule has 0 unspecified atom stereocenters. The summed E-state index contributed by atoms with van der Waals surface area (Å²) in [4.78, 5) is 2.36. The van der Waals surface area contributed by atoms with Crippen LogP contribution in [0.5, 0.6) is 0 Å². The SMILES string of the molecule is CCN1CC(n2nnc3cc(C#N)ccc32)C1. The molecule has 86 valence electrons. The van der Waals surface area contributed by atoms with Gasteiger partial charge in [0.2, 0.25) is 0 Å². The molecule has 3 rings (SSSR count). The highest BCUT2D eigenvalue weighted by atomic mass is 15.5. The third-order valence-electron chi connectivity index (χ3n) is 3.33. The Labute approximate surface area is 99.2 Å². The van der Waals surface area contributed by atoms with Crippen molar-refractivity contribution in [2.75, 3.05) is 19.6 Å². The number of likely N-dealkylation sites (N-methyl/N-ethyl adjacent to an activating group) is 1. The van der Waals surface area contributed by atoms with Crippen LogP contribution < -0.4 is 0 Å². The lowest BCUT2D eigenvalue weighted by molar-refractivity contribution is 0.107. The number of fused-ring (bicyclic) bond motifs is 1. The summed E-state index contributed by atoms with van der Waals surface area (Å²) in [5.41, 5.74) is 2.46. The van der Waals surface area contributed by atoms with Gasteiger partial charge in [0.05, 0.1) is 23.2 Å². The van der Waals surface area contributed by atoms with E-state index in [0.29, 0.717) is 11.6 Å². The third-order valence-corrected chi connectivity index (χ3v) is 3.33. The Morgan fingerprint density at radius 3 is 3.00 bits per heavy atom. The zero-order chi connectivity index (χ0) is 11.8. The zero-order valence-electron chi connectivity index (χ0n) is 9.67. The first-order valence-electron chi connectivity index (χ1n) is 5.79. The second-order valence-corrected chi connectivity index (χ2v) is 4.36. The average molecular weight is 227 g/mol. The number of rotatable bonds is 2. The molecular weight excluding hydrogens is 214 g/mol. The predicted molar refractivity (Wildman–Crippen MR) is 63.4 cm³/mol. The maximum absolute atomic E-state index is 8.83. The van der Waals surface area contributed by atoms with Gasteiger partial charge < -0.3 is 0 Å². The van der Waals surface area contributed by atoms with E-state index >= 15 is 0 Å². The maximum Gasteiger partial charge on any atom is 0.114 e. The minimum Gasteiger partial charge on any atom is -0.299 e. The van der Waals surface area contributed by atoms with Gasteiger partial charge in [-0.15, -0.1) is 5.10 Å². The molecule has 5 nitrogen and oxygen atoms in total. The van der Waals surface area contributed by atoms with Crippen molar-refractivity contribution in [3.8, 4) is 6.07 Å². The number of aromatic nitrogens is 3. The van der Waals surface area contributed by atoms with Crippen LogP contribution in [0.15, 0.2) is 18.2 Å². The molecule has 0 radical (unpaired) electrons. The molecule has 0 atom stereocenters. The Bertz CT molecular complexity index is 588. The van der Waals surface area contributed by atoms with Gasteiger partial charge in [-0.2, -0.15) is 5.26 Å². The van der Waals surface area contributed by atoms with Gasteiger partial charge in [0.1, 0.15) is 5.52 Å². The normalized spacial score (nSPS) is 16.9. The first-order chi connectivity index (χ1) is 8.31. The quantitative estimate of drug-likeness (QED) is 0.773. The fourth-order valence-electron chi connectivity index (χ4n) is 2.24. The maximum atomic E-state index is 8.83. The predicted octanol–water partition coefficient (Wildman–Crippen LogP) is 1.18. The Morgan fingerprint density at radius 1 is 1.47 bits per heavy atom. The topological polar surface area (TPSA) is 57.7 Å². The summed E-state index contributed by atoms with van der Waals surface area (Å²) in [5, 5.41) is 17.1. The Morgan fingerprint density at radius 2 is 2.29 bits per heavy atom. The van der Waals surface area contributed by atoms with Crippen molar-refractivity contribution >= 4 is 11.0 Å². The molecule has 0 saturated carbocycles. The molecule has 1 aliphatic rings. The van der Waals surface area contributed by atoms with E-state index in [4.69, 9.17) is 5.26 Å². The van der Waals surface area contributed by atoms with Crippen LogP contribution >= 0.6 is 0 Å². The van der Waals surface area contributed by atoms with Gasteiger partial charge >= 0.3 is 0 Å². The van der Waals surface area contributed by atoms with Gasteiger partial charge in [0.25, 0.3) is 0 Å². The molecule has 1 aliphatic heterocycles. The zero-order valence-corrected chi connectivity index (χ0v) is 9.67. The largest absolute Gasteiger partial charge is 0.299 e. The van der Waals surface area contributed by atoms with Gasteiger partial charge in [0, 0.05) is 13.1 Å². The van der Waals surface area contributed by atoms with Gasteiger partial charge in [-0.3, -0.25) is 4.90 Å². The van der Waals surface area contributed by atoms with Crippen molar-refractivity contribution < 1.29 is 0 Å². The van der Waals surface area contributed by atoms with Gasteiger partial charge in [-0.1, -0.05) is 12.1 Å². The molecule has 0 spiro atoms. The van der Waals surface area contributed by atoms with Crippen molar-refractivity contribution in [2.24, 2.45) is 0 Å². The highest BCUT2D eigenvalue weighted by Crippen LogP contribution is 2.24. The molecular formula is C12H13N5. The minimum absolute atomic E-state index is 0.424. The Balaban J connectivity index is 1.94. The number of hydrogen-bond acceptors (Lipinski definition) is 4. The molecule has 17 heavy (non-hydrogen) atoms. The van der Waals surface area contributed by atoms with E-state index in [2.05, 4.69) is 28.2 Å². The van der Waals surface area contributed by atoms with Crippen LogP contribution in [0.25, 0.3) is 11.0 Å². The van der Waals surface area contributed by atoms with Crippen LogP contribution in [0.3, 0.4) is 0 Å². The molecule has 1 aromatic carbocycles. The van der Waals surface area contributed by atoms with E-state index in [9.17, 15) is 0 Å². The van der Waals surface area contributed by atoms with Crippen LogP contribution in [0.4, 0.5) is 0 Å². The van der Waals surface area contributed by atoms with Crippen molar-refractivity contribution in [3.63, 3.8) is 0 Å². The van der Waals surface area contributed by atoms with Crippen LogP contribution in [-0.2, 0) is 0 Å². The first kappa shape index (κ1) is 10.2. The summed E-state index contributed by atoms with van der Waals surface area (Å²) in [5.74, 6) is 0. The van der Waals surface area contributed by atoms with Crippen LogP contribution in [0.1, 0.15) is 18.5 Å². The van der Waals surface area contributed by atoms with E-state index in [1.807, 2.05) is 16.8 Å². The summed E-state index contributed by atoms with van der Waals surface area (Å²) in [6, 6.07) is 8.08. The molecule has 0 amide bonds. The van der Waals surface area contributed by atoms with E-state index in [-0.39, 0.29) is 0 Å². The molecule has 0 bridgehead atoms. The minimum atomic E-state index is 0.424. The standard InChI is InChI=1S/C12H13N5/c1-2-16-7-10(8-16)17-12-4-3-9(6-13)5-11(12)14-15-17/h3-5,10H,2,7-8H2,1H3. The highest BCUT2D eigenvalue weighted by molar-refractivity contribution is 5.76. The summed E-state index contributed by atoms with van der Waals surface area (Å²) in [7, 11) is 0. The van der Waals surface area contributed by atoms with E-state index in [0.717, 1.165) is 30.7 Å². The van der Waals surface area contributed by atoms with E-state index in [1.165, 1.54) is 0 Å². The lowest BCUT2D eigenvalue weighted by atomic mass is 10.1. The molecule has 1 aromatic heterocycles. The van der Waals surface area contributed by atoms with Crippen molar-refractivity contribution in [1.29, 1.82) is 5.26 Å². The average Bonchev–Trinajstić information content (AvgIpc) is 2.71. The van der Waals surface area contributed by atoms with E-state index < -0.39 is 0 Å². The summed E-state index contributed by atoms with van der Waals surface area (Å²) in [6.07, 6.45) is 0. The van der Waals surface area contributed by atoms with Crippen LogP contribution in [0, 0.1) is 11.3 Å². The van der Waals surface area contributed by atoms with Crippen molar-refractivity contribution in [3.05, 3.63) is 23.8 Å². The fraction of sp³-hybridized carbons (Fsp3) is 0.417. The van der Waals surface area contributed by atoms with Gasteiger partial charge in [-0.25, -0.2) is 4.68 Å². The molecule has 1 saturated heterocycles. The summed E-state index contributed by atoms with van der Waals surface area (Å²) < 4.78 is 1.97. The molecule has 0 aliphatic carbocycles. The molecule has 1 fully saturated rings. The molecule has 5 heteroatoms. The number of nitriles is 1. The fourth-order valence-corrected chi connectivity index (χ4v) is 2.24. The second-order valence-electron chi connectivity index (χ2n) is 4.36. The van der Waals surface area contributed by atoms with Gasteiger partial charge in [-0.05, 0) is 24.7 Å².